The van der Waals surface area contributed by atoms with Gasteiger partial charge < -0.3 is 10.6 Å². The van der Waals surface area contributed by atoms with Gasteiger partial charge in [0.1, 0.15) is 5.02 Å². The second-order valence-electron chi connectivity index (χ2n) is 12.4. The van der Waals surface area contributed by atoms with Crippen molar-refractivity contribution in [3.63, 3.8) is 0 Å². The van der Waals surface area contributed by atoms with E-state index in [4.69, 9.17) is 16.6 Å². The normalized spacial score (nSPS) is 24.3. The van der Waals surface area contributed by atoms with Crippen LogP contribution in [-0.4, -0.2) is 46.8 Å². The molecule has 204 valence electrons. The van der Waals surface area contributed by atoms with Crippen LogP contribution >= 0.6 is 19.5 Å². The number of benzene rings is 2. The van der Waals surface area contributed by atoms with Gasteiger partial charge in [-0.1, -0.05) is 31.7 Å². The Labute approximate surface area is 238 Å². The number of hydrogen-bond acceptors (Lipinski definition) is 5. The second kappa shape index (κ2) is 10.7. The van der Waals surface area contributed by atoms with Gasteiger partial charge in [-0.15, -0.1) is 0 Å². The SMILES string of the molecule is CP(C)c1cc(CC2CC2)ccc1Nc1nc(Nc2ccc3c(c2)CCC(N2CC4CC2C4)CC3)ncc1Cl. The number of aromatic nitrogens is 2. The highest BCUT2D eigenvalue weighted by Crippen LogP contribution is 2.43. The summed E-state index contributed by atoms with van der Waals surface area (Å²) in [4.78, 5) is 12.1. The maximum atomic E-state index is 6.57. The Morgan fingerprint density at radius 1 is 0.949 bits per heavy atom. The molecule has 2 aromatic carbocycles. The minimum Gasteiger partial charge on any atom is -0.338 e. The number of nitrogens with one attached hydrogen (secondary N) is 2. The standard InChI is InChI=1S/C32H39ClN5P/c1-39(2)30-16-21(13-20-3-4-20)5-12-29(30)36-31-28(33)18-34-32(37-31)35-25-9-6-23-7-10-26(11-8-24(23)17-25)38-19-22-14-27(38)15-22/h5-6,9,12,16-18,20,22,26-27H,3-4,7-8,10-11,13-15,19H2,1-2H3,(H2,34,35,36,37). The summed E-state index contributed by atoms with van der Waals surface area (Å²) in [6, 6.07) is 15.3. The van der Waals surface area contributed by atoms with Gasteiger partial charge in [0.2, 0.25) is 5.95 Å². The Morgan fingerprint density at radius 2 is 1.77 bits per heavy atom. The molecule has 5 aliphatic rings. The van der Waals surface area contributed by atoms with Crippen LogP contribution in [0.15, 0.2) is 42.6 Å². The molecule has 1 aromatic heterocycles. The van der Waals surface area contributed by atoms with E-state index in [1.165, 1.54) is 79.9 Å². The summed E-state index contributed by atoms with van der Waals surface area (Å²) in [6.45, 7) is 5.95. The van der Waals surface area contributed by atoms with Gasteiger partial charge in [0.25, 0.3) is 0 Å². The minimum atomic E-state index is -0.272. The fourth-order valence-electron chi connectivity index (χ4n) is 6.92. The summed E-state index contributed by atoms with van der Waals surface area (Å²) in [6.07, 6.45) is 13.4. The summed E-state index contributed by atoms with van der Waals surface area (Å²) in [5.41, 5.74) is 6.54. The van der Waals surface area contributed by atoms with E-state index in [1.54, 1.807) is 6.20 Å². The molecule has 8 rings (SSSR count). The second-order valence-corrected chi connectivity index (χ2v) is 15.1. The van der Waals surface area contributed by atoms with Crippen LogP contribution in [0.5, 0.6) is 0 Å². The molecule has 3 aromatic rings. The molecule has 0 spiro atoms. The lowest BCUT2D eigenvalue weighted by Gasteiger charge is -2.32. The first-order valence-electron chi connectivity index (χ1n) is 14.7. The van der Waals surface area contributed by atoms with E-state index in [2.05, 4.69) is 70.2 Å². The molecule has 2 saturated carbocycles. The fourth-order valence-corrected chi connectivity index (χ4v) is 8.10. The molecular formula is C32H39ClN5P. The molecule has 4 fully saturated rings. The van der Waals surface area contributed by atoms with Crippen molar-refractivity contribution in [1.82, 2.24) is 14.9 Å². The van der Waals surface area contributed by atoms with Crippen LogP contribution in [0, 0.1) is 11.8 Å². The lowest BCUT2D eigenvalue weighted by atomic mass is 9.86. The first kappa shape index (κ1) is 25.7. The number of anilines is 4. The Hall–Kier alpha value is -2.20. The molecule has 0 amide bonds. The third kappa shape index (κ3) is 5.56. The average Bonchev–Trinajstić information content (AvgIpc) is 3.55. The van der Waals surface area contributed by atoms with E-state index in [-0.39, 0.29) is 7.92 Å². The predicted octanol–water partition coefficient (Wildman–Crippen LogP) is 7.28. The van der Waals surface area contributed by atoms with E-state index < -0.39 is 0 Å². The van der Waals surface area contributed by atoms with E-state index >= 15 is 0 Å². The van der Waals surface area contributed by atoms with Gasteiger partial charge in [-0.05, 0) is 129 Å². The molecule has 5 nitrogen and oxygen atoms in total. The Balaban J connectivity index is 1.06. The van der Waals surface area contributed by atoms with Crippen molar-refractivity contribution in [3.8, 4) is 0 Å². The zero-order valence-electron chi connectivity index (χ0n) is 23.1. The zero-order chi connectivity index (χ0) is 26.5. The van der Waals surface area contributed by atoms with Crippen molar-refractivity contribution in [2.75, 3.05) is 30.5 Å². The summed E-state index contributed by atoms with van der Waals surface area (Å²) in [5, 5.41) is 8.87. The molecule has 7 heteroatoms. The van der Waals surface area contributed by atoms with Crippen molar-refractivity contribution >= 4 is 48.0 Å². The van der Waals surface area contributed by atoms with Gasteiger partial charge in [0.15, 0.2) is 5.82 Å². The van der Waals surface area contributed by atoms with Crippen molar-refractivity contribution < 1.29 is 0 Å². The Kier molecular flexibility index (Phi) is 7.03. The van der Waals surface area contributed by atoms with Gasteiger partial charge in [0, 0.05) is 30.0 Å². The Bertz CT molecular complexity index is 1370. The van der Waals surface area contributed by atoms with Crippen molar-refractivity contribution in [3.05, 3.63) is 64.3 Å². The van der Waals surface area contributed by atoms with Crippen LogP contribution in [-0.2, 0) is 19.3 Å². The van der Waals surface area contributed by atoms with Crippen LogP contribution in [0.1, 0.15) is 55.2 Å². The lowest BCUT2D eigenvalue weighted by molar-refractivity contribution is 0.170. The highest BCUT2D eigenvalue weighted by atomic mass is 35.5. The lowest BCUT2D eigenvalue weighted by Crippen LogP contribution is -2.37. The molecule has 1 unspecified atom stereocenters. The van der Waals surface area contributed by atoms with Gasteiger partial charge in [0.05, 0.1) is 6.20 Å². The van der Waals surface area contributed by atoms with Gasteiger partial charge in [-0.25, -0.2) is 4.98 Å². The predicted molar refractivity (Wildman–Crippen MR) is 165 cm³/mol. The first-order chi connectivity index (χ1) is 19.0. The number of aryl methyl sites for hydroxylation is 2. The topological polar surface area (TPSA) is 53.1 Å². The van der Waals surface area contributed by atoms with Gasteiger partial charge in [-0.3, -0.25) is 4.90 Å². The van der Waals surface area contributed by atoms with Crippen molar-refractivity contribution in [2.45, 2.75) is 69.9 Å². The van der Waals surface area contributed by atoms with Crippen molar-refractivity contribution in [1.29, 1.82) is 0 Å². The van der Waals surface area contributed by atoms with Crippen LogP contribution in [0.4, 0.5) is 23.1 Å². The van der Waals surface area contributed by atoms with Gasteiger partial charge >= 0.3 is 0 Å². The van der Waals surface area contributed by atoms with E-state index in [0.29, 0.717) is 16.8 Å². The zero-order valence-corrected chi connectivity index (χ0v) is 24.7. The molecule has 3 aliphatic carbocycles. The number of fused-ring (bicyclic) bond motifs is 2. The highest BCUT2D eigenvalue weighted by Gasteiger charge is 2.45. The maximum absolute atomic E-state index is 6.57. The summed E-state index contributed by atoms with van der Waals surface area (Å²) >= 11 is 6.57. The average molecular weight is 560 g/mol. The van der Waals surface area contributed by atoms with Crippen LogP contribution < -0.4 is 15.9 Å². The number of hydrogen-bond donors (Lipinski definition) is 2. The summed E-state index contributed by atoms with van der Waals surface area (Å²) < 4.78 is 0. The number of rotatable bonds is 8. The molecule has 39 heavy (non-hydrogen) atoms. The first-order valence-corrected chi connectivity index (χ1v) is 17.3. The quantitative estimate of drug-likeness (QED) is 0.224. The molecule has 2 aliphatic heterocycles. The highest BCUT2D eigenvalue weighted by molar-refractivity contribution is 7.64. The fraction of sp³-hybridized carbons (Fsp3) is 0.500. The molecular weight excluding hydrogens is 521 g/mol. The third-order valence-corrected chi connectivity index (χ3v) is 10.9. The number of nitrogens with zero attached hydrogens (tertiary/aromatic N) is 3. The molecule has 2 bridgehead atoms. The van der Waals surface area contributed by atoms with Crippen molar-refractivity contribution in [2.24, 2.45) is 11.8 Å². The van der Waals surface area contributed by atoms with E-state index in [0.717, 1.165) is 41.7 Å². The number of halogens is 1. The van der Waals surface area contributed by atoms with E-state index in [1.807, 2.05) is 0 Å². The van der Waals surface area contributed by atoms with E-state index in [9.17, 15) is 0 Å². The van der Waals surface area contributed by atoms with Gasteiger partial charge in [-0.2, -0.15) is 4.98 Å². The Morgan fingerprint density at radius 3 is 2.51 bits per heavy atom. The molecule has 2 N–H and O–H groups in total. The van der Waals surface area contributed by atoms with Crippen LogP contribution in [0.3, 0.4) is 0 Å². The largest absolute Gasteiger partial charge is 0.338 e. The maximum Gasteiger partial charge on any atom is 0.229 e. The third-order valence-electron chi connectivity index (χ3n) is 9.34. The summed E-state index contributed by atoms with van der Waals surface area (Å²) in [7, 11) is -0.272. The molecule has 3 heterocycles. The monoisotopic (exact) mass is 559 g/mol. The molecule has 1 atom stereocenters. The molecule has 2 saturated heterocycles. The van der Waals surface area contributed by atoms with Crippen LogP contribution in [0.25, 0.3) is 0 Å². The smallest absolute Gasteiger partial charge is 0.229 e. The minimum absolute atomic E-state index is 0.272. The molecule has 0 radical (unpaired) electrons. The summed E-state index contributed by atoms with van der Waals surface area (Å²) in [5.74, 6) is 3.07. The van der Waals surface area contributed by atoms with Crippen LogP contribution in [0.2, 0.25) is 5.02 Å².